The zero-order valence-electron chi connectivity index (χ0n) is 14.1. The lowest BCUT2D eigenvalue weighted by Gasteiger charge is -2.40. The number of piperazine rings is 1. The summed E-state index contributed by atoms with van der Waals surface area (Å²) in [4.78, 5) is 43.9. The van der Waals surface area contributed by atoms with Gasteiger partial charge in [-0.3, -0.25) is 19.5 Å². The van der Waals surface area contributed by atoms with Crippen molar-refractivity contribution in [2.45, 2.75) is 6.04 Å². The Balaban J connectivity index is 1.88. The first-order valence-electron chi connectivity index (χ1n) is 7.95. The Morgan fingerprint density at radius 1 is 1.24 bits per heavy atom. The second-order valence-corrected chi connectivity index (χ2v) is 5.98. The second kappa shape index (κ2) is 6.94. The van der Waals surface area contributed by atoms with E-state index in [1.54, 1.807) is 12.0 Å². The van der Waals surface area contributed by atoms with Crippen LogP contribution in [-0.2, 0) is 0 Å². The molecular formula is C17H20N4O4. The molecule has 132 valence electrons. The molecule has 1 aliphatic heterocycles. The van der Waals surface area contributed by atoms with E-state index >= 15 is 0 Å². The third-order valence-electron chi connectivity index (χ3n) is 4.48. The summed E-state index contributed by atoms with van der Waals surface area (Å²) in [5.74, 6) is 0.362. The van der Waals surface area contributed by atoms with Crippen LogP contribution in [0.25, 0.3) is 0 Å². The lowest BCUT2D eigenvalue weighted by molar-refractivity contribution is 0.0540. The van der Waals surface area contributed by atoms with E-state index in [0.29, 0.717) is 19.6 Å². The molecule has 1 aromatic carbocycles. The lowest BCUT2D eigenvalue weighted by Crippen LogP contribution is -2.50. The largest absolute Gasteiger partial charge is 0.496 e. The maximum Gasteiger partial charge on any atom is 0.325 e. The van der Waals surface area contributed by atoms with Gasteiger partial charge in [0, 0.05) is 31.4 Å². The number of amides is 1. The monoisotopic (exact) mass is 344 g/mol. The summed E-state index contributed by atoms with van der Waals surface area (Å²) in [5.41, 5.74) is -0.392. The van der Waals surface area contributed by atoms with Crippen molar-refractivity contribution in [2.24, 2.45) is 0 Å². The van der Waals surface area contributed by atoms with Crippen LogP contribution in [0.5, 0.6) is 5.75 Å². The molecule has 25 heavy (non-hydrogen) atoms. The summed E-state index contributed by atoms with van der Waals surface area (Å²) in [6.07, 6.45) is 1.17. The van der Waals surface area contributed by atoms with E-state index in [1.807, 2.05) is 31.3 Å². The summed E-state index contributed by atoms with van der Waals surface area (Å²) in [7, 11) is 3.61. The van der Waals surface area contributed by atoms with Gasteiger partial charge in [-0.1, -0.05) is 18.2 Å². The summed E-state index contributed by atoms with van der Waals surface area (Å²) in [6.45, 7) is 1.59. The number of carbonyl (C=O) groups is 1. The number of H-pyrrole nitrogens is 2. The second-order valence-electron chi connectivity index (χ2n) is 5.98. The normalized spacial score (nSPS) is 18.2. The van der Waals surface area contributed by atoms with Gasteiger partial charge in [-0.2, -0.15) is 0 Å². The summed E-state index contributed by atoms with van der Waals surface area (Å²) >= 11 is 0. The molecule has 8 heteroatoms. The third-order valence-corrected chi connectivity index (χ3v) is 4.48. The SMILES string of the molecule is COc1ccccc1[C@H]1CN(C(=O)c2c[nH]c(=O)[nH]c2=O)CCN1C. The van der Waals surface area contributed by atoms with E-state index in [4.69, 9.17) is 4.74 Å². The molecule has 2 N–H and O–H groups in total. The first-order valence-corrected chi connectivity index (χ1v) is 7.95. The number of methoxy groups -OCH3 is 1. The van der Waals surface area contributed by atoms with Crippen molar-refractivity contribution >= 4 is 5.91 Å². The van der Waals surface area contributed by atoms with E-state index in [1.165, 1.54) is 6.20 Å². The van der Waals surface area contributed by atoms with Gasteiger partial charge in [-0.25, -0.2) is 4.79 Å². The molecule has 0 unspecified atom stereocenters. The van der Waals surface area contributed by atoms with E-state index in [0.717, 1.165) is 11.3 Å². The first kappa shape index (κ1) is 17.0. The van der Waals surface area contributed by atoms with Crippen molar-refractivity contribution in [3.05, 3.63) is 62.4 Å². The molecule has 0 bridgehead atoms. The molecule has 1 aromatic heterocycles. The molecule has 0 spiro atoms. The maximum absolute atomic E-state index is 12.7. The van der Waals surface area contributed by atoms with Crippen LogP contribution in [0.15, 0.2) is 40.1 Å². The Labute approximate surface area is 144 Å². The number of nitrogens with one attached hydrogen (secondary N) is 2. The quantitative estimate of drug-likeness (QED) is 0.829. The zero-order chi connectivity index (χ0) is 18.0. The van der Waals surface area contributed by atoms with Crippen molar-refractivity contribution in [3.63, 3.8) is 0 Å². The highest BCUT2D eigenvalue weighted by Gasteiger charge is 2.31. The average molecular weight is 344 g/mol. The van der Waals surface area contributed by atoms with Crippen LogP contribution < -0.4 is 16.0 Å². The molecule has 1 saturated heterocycles. The third kappa shape index (κ3) is 3.34. The number of aromatic nitrogens is 2. The van der Waals surface area contributed by atoms with Crippen molar-refractivity contribution in [2.75, 3.05) is 33.8 Å². The van der Waals surface area contributed by atoms with Crippen molar-refractivity contribution in [1.29, 1.82) is 0 Å². The van der Waals surface area contributed by atoms with Gasteiger partial charge in [-0.15, -0.1) is 0 Å². The van der Waals surface area contributed by atoms with Gasteiger partial charge in [-0.05, 0) is 13.1 Å². The highest BCUT2D eigenvalue weighted by molar-refractivity contribution is 5.93. The first-order chi connectivity index (χ1) is 12.0. The van der Waals surface area contributed by atoms with Gasteiger partial charge in [0.05, 0.1) is 13.2 Å². The number of benzene rings is 1. The number of para-hydroxylation sites is 1. The highest BCUT2D eigenvalue weighted by Crippen LogP contribution is 2.31. The average Bonchev–Trinajstić information content (AvgIpc) is 2.61. The number of aromatic amines is 2. The van der Waals surface area contributed by atoms with Gasteiger partial charge < -0.3 is 14.6 Å². The Morgan fingerprint density at radius 3 is 2.72 bits per heavy atom. The summed E-state index contributed by atoms with van der Waals surface area (Å²) in [6, 6.07) is 7.64. The number of nitrogens with zero attached hydrogens (tertiary/aromatic N) is 2. The Morgan fingerprint density at radius 2 is 2.00 bits per heavy atom. The minimum atomic E-state index is -0.679. The van der Waals surface area contributed by atoms with E-state index in [9.17, 15) is 14.4 Å². The predicted octanol–water partition coefficient (Wildman–Crippen LogP) is 0.201. The number of rotatable bonds is 3. The minimum Gasteiger partial charge on any atom is -0.496 e. The lowest BCUT2D eigenvalue weighted by atomic mass is 10.0. The van der Waals surface area contributed by atoms with Crippen LogP contribution in [0, 0.1) is 0 Å². The number of hydrogen-bond acceptors (Lipinski definition) is 5. The van der Waals surface area contributed by atoms with E-state index in [2.05, 4.69) is 14.9 Å². The standard InChI is InChI=1S/C17H20N4O4/c1-20-7-8-21(16(23)12-9-18-17(24)19-15(12)22)10-13(20)11-5-3-4-6-14(11)25-2/h3-6,9,13H,7-8,10H2,1-2H3,(H2,18,19,22,24)/t13-/m1/s1. The molecular weight excluding hydrogens is 324 g/mol. The smallest absolute Gasteiger partial charge is 0.325 e. The Hall–Kier alpha value is -2.87. The molecule has 1 aliphatic rings. The molecule has 0 radical (unpaired) electrons. The maximum atomic E-state index is 12.7. The molecule has 2 heterocycles. The Kier molecular flexibility index (Phi) is 4.71. The van der Waals surface area contributed by atoms with E-state index in [-0.39, 0.29) is 11.6 Å². The minimum absolute atomic E-state index is 0.0457. The highest BCUT2D eigenvalue weighted by atomic mass is 16.5. The van der Waals surface area contributed by atoms with Gasteiger partial charge in [0.25, 0.3) is 11.5 Å². The van der Waals surface area contributed by atoms with Crippen LogP contribution in [0.1, 0.15) is 22.0 Å². The summed E-state index contributed by atoms with van der Waals surface area (Å²) < 4.78 is 5.43. The van der Waals surface area contributed by atoms with Crippen LogP contribution >= 0.6 is 0 Å². The van der Waals surface area contributed by atoms with Crippen molar-refractivity contribution in [3.8, 4) is 5.75 Å². The molecule has 0 saturated carbocycles. The molecule has 2 aromatic rings. The molecule has 8 nitrogen and oxygen atoms in total. The fraction of sp³-hybridized carbons (Fsp3) is 0.353. The van der Waals surface area contributed by atoms with Gasteiger partial charge in [0.2, 0.25) is 0 Å². The fourth-order valence-corrected chi connectivity index (χ4v) is 3.07. The van der Waals surface area contributed by atoms with Gasteiger partial charge >= 0.3 is 5.69 Å². The molecule has 0 aliphatic carbocycles. The van der Waals surface area contributed by atoms with Crippen molar-refractivity contribution < 1.29 is 9.53 Å². The summed E-state index contributed by atoms with van der Waals surface area (Å²) in [5, 5.41) is 0. The van der Waals surface area contributed by atoms with Gasteiger partial charge in [0.15, 0.2) is 0 Å². The van der Waals surface area contributed by atoms with Gasteiger partial charge in [0.1, 0.15) is 11.3 Å². The number of ether oxygens (including phenoxy) is 1. The number of likely N-dealkylation sites (N-methyl/N-ethyl adjacent to an activating group) is 1. The molecule has 1 fully saturated rings. The molecule has 3 rings (SSSR count). The topological polar surface area (TPSA) is 98.5 Å². The van der Waals surface area contributed by atoms with Crippen LogP contribution in [0.4, 0.5) is 0 Å². The molecule has 1 amide bonds. The van der Waals surface area contributed by atoms with Crippen LogP contribution in [0.2, 0.25) is 0 Å². The van der Waals surface area contributed by atoms with Crippen LogP contribution in [0.3, 0.4) is 0 Å². The predicted molar refractivity (Wildman–Crippen MR) is 92.0 cm³/mol. The zero-order valence-corrected chi connectivity index (χ0v) is 14.1. The fourth-order valence-electron chi connectivity index (χ4n) is 3.07. The number of hydrogen-bond donors (Lipinski definition) is 2. The van der Waals surface area contributed by atoms with Crippen molar-refractivity contribution in [1.82, 2.24) is 19.8 Å². The number of carbonyl (C=O) groups excluding carboxylic acids is 1. The van der Waals surface area contributed by atoms with Crippen LogP contribution in [-0.4, -0.2) is 59.5 Å². The molecule has 1 atom stereocenters. The van der Waals surface area contributed by atoms with E-state index < -0.39 is 17.2 Å². The Bertz CT molecular complexity index is 888.